The van der Waals surface area contributed by atoms with Crippen molar-refractivity contribution in [3.05, 3.63) is 0 Å². The maximum atomic E-state index is 8.77. The molecule has 0 aliphatic rings. The molecule has 0 aliphatic carbocycles. The zero-order valence-electron chi connectivity index (χ0n) is 6.82. The molecule has 0 aromatic rings. The highest BCUT2D eigenvalue weighted by atomic mass is 16.5. The van der Waals surface area contributed by atoms with Crippen molar-refractivity contribution in [3.8, 4) is 0 Å². The zero-order chi connectivity index (χ0) is 8.91. The summed E-state index contributed by atoms with van der Waals surface area (Å²) in [5.74, 6) is 0. The summed E-state index contributed by atoms with van der Waals surface area (Å²) >= 11 is 0. The average Bonchev–Trinajstić information content (AvgIpc) is 2.00. The van der Waals surface area contributed by atoms with Crippen LogP contribution in [-0.4, -0.2) is 33.8 Å². The van der Waals surface area contributed by atoms with Gasteiger partial charge in [0, 0.05) is 0 Å². The second-order valence-electron chi connectivity index (χ2n) is 2.87. The highest BCUT2D eigenvalue weighted by Crippen LogP contribution is 2.13. The first-order valence-electron chi connectivity index (χ1n) is 3.82. The molecule has 0 bridgehead atoms. The molecule has 4 nitrogen and oxygen atoms in total. The molecule has 5 N–H and O–H groups in total. The molecule has 0 saturated carbocycles. The number of aliphatic hydroxyl groups is 3. The van der Waals surface area contributed by atoms with E-state index in [1.54, 1.807) is 0 Å². The summed E-state index contributed by atoms with van der Waals surface area (Å²) in [6.07, 6.45) is 0.497. The highest BCUT2D eigenvalue weighted by Gasteiger charge is 2.30. The third kappa shape index (κ3) is 3.16. The highest BCUT2D eigenvalue weighted by molar-refractivity contribution is 4.85. The molecule has 0 heterocycles. The molecule has 11 heavy (non-hydrogen) atoms. The third-order valence-electron chi connectivity index (χ3n) is 1.80. The first kappa shape index (κ1) is 10.8. The van der Waals surface area contributed by atoms with Crippen LogP contribution in [0.3, 0.4) is 0 Å². The van der Waals surface area contributed by atoms with Crippen LogP contribution in [0, 0.1) is 0 Å². The molecule has 0 aromatic heterocycles. The van der Waals surface area contributed by atoms with Crippen molar-refractivity contribution in [2.45, 2.75) is 38.0 Å². The van der Waals surface area contributed by atoms with Crippen LogP contribution in [0.25, 0.3) is 0 Å². The number of aliphatic hydroxyl groups excluding tert-OH is 2. The van der Waals surface area contributed by atoms with Crippen LogP contribution in [0.4, 0.5) is 0 Å². The van der Waals surface area contributed by atoms with E-state index in [0.717, 1.165) is 12.8 Å². The maximum absolute atomic E-state index is 8.77. The van der Waals surface area contributed by atoms with E-state index in [1.165, 1.54) is 0 Å². The predicted molar refractivity (Wildman–Crippen MR) is 41.8 cm³/mol. The lowest BCUT2D eigenvalue weighted by Gasteiger charge is -2.28. The minimum Gasteiger partial charge on any atom is -0.394 e. The van der Waals surface area contributed by atoms with Gasteiger partial charge in [-0.2, -0.15) is 0 Å². The van der Waals surface area contributed by atoms with Gasteiger partial charge in [-0.3, -0.25) is 0 Å². The SMILES string of the molecule is CCCCC(N)(CO)C(O)O. The fourth-order valence-electron chi connectivity index (χ4n) is 0.796. The van der Waals surface area contributed by atoms with Gasteiger partial charge in [-0.1, -0.05) is 19.8 Å². The molecule has 0 radical (unpaired) electrons. The van der Waals surface area contributed by atoms with Gasteiger partial charge in [-0.25, -0.2) is 0 Å². The van der Waals surface area contributed by atoms with Crippen molar-refractivity contribution >= 4 is 0 Å². The van der Waals surface area contributed by atoms with Gasteiger partial charge in [0.05, 0.1) is 12.1 Å². The van der Waals surface area contributed by atoms with Gasteiger partial charge in [0.1, 0.15) is 0 Å². The van der Waals surface area contributed by atoms with E-state index in [-0.39, 0.29) is 0 Å². The molecule has 0 saturated heterocycles. The van der Waals surface area contributed by atoms with Gasteiger partial charge < -0.3 is 21.1 Å². The second-order valence-corrected chi connectivity index (χ2v) is 2.87. The van der Waals surface area contributed by atoms with Crippen LogP contribution < -0.4 is 5.73 Å². The fraction of sp³-hybridized carbons (Fsp3) is 1.00. The van der Waals surface area contributed by atoms with E-state index in [1.807, 2.05) is 6.92 Å². The normalized spacial score (nSPS) is 16.9. The zero-order valence-corrected chi connectivity index (χ0v) is 6.82. The van der Waals surface area contributed by atoms with Gasteiger partial charge in [0.15, 0.2) is 6.29 Å². The van der Waals surface area contributed by atoms with Crippen LogP contribution in [-0.2, 0) is 0 Å². The lowest BCUT2D eigenvalue weighted by atomic mass is 9.94. The van der Waals surface area contributed by atoms with Crippen LogP contribution >= 0.6 is 0 Å². The summed E-state index contributed by atoms with van der Waals surface area (Å²) < 4.78 is 0. The molecule has 0 rings (SSSR count). The Hall–Kier alpha value is -0.160. The smallest absolute Gasteiger partial charge is 0.172 e. The maximum Gasteiger partial charge on any atom is 0.172 e. The third-order valence-corrected chi connectivity index (χ3v) is 1.80. The largest absolute Gasteiger partial charge is 0.394 e. The summed E-state index contributed by atoms with van der Waals surface area (Å²) in [5.41, 5.74) is 4.24. The van der Waals surface area contributed by atoms with Gasteiger partial charge in [0.2, 0.25) is 0 Å². The van der Waals surface area contributed by atoms with Crippen molar-refractivity contribution < 1.29 is 15.3 Å². The van der Waals surface area contributed by atoms with Crippen LogP contribution in [0.1, 0.15) is 26.2 Å². The molecular weight excluding hydrogens is 146 g/mol. The Morgan fingerprint density at radius 3 is 2.27 bits per heavy atom. The Labute approximate surface area is 66.7 Å². The minimum absolute atomic E-state index is 0.398. The summed E-state index contributed by atoms with van der Waals surface area (Å²) in [6.45, 7) is 1.58. The topological polar surface area (TPSA) is 86.7 Å². The Kier molecular flexibility index (Phi) is 4.60. The van der Waals surface area contributed by atoms with E-state index >= 15 is 0 Å². The molecule has 0 aromatic carbocycles. The molecule has 1 unspecified atom stereocenters. The summed E-state index contributed by atoms with van der Waals surface area (Å²) in [6, 6.07) is 0. The molecular formula is C7H17NO3. The van der Waals surface area contributed by atoms with Crippen LogP contribution in [0.15, 0.2) is 0 Å². The predicted octanol–water partition coefficient (Wildman–Crippen LogP) is -0.823. The van der Waals surface area contributed by atoms with E-state index in [0.29, 0.717) is 6.42 Å². The van der Waals surface area contributed by atoms with Crippen molar-refractivity contribution in [3.63, 3.8) is 0 Å². The lowest BCUT2D eigenvalue weighted by Crippen LogP contribution is -2.53. The van der Waals surface area contributed by atoms with E-state index < -0.39 is 18.4 Å². The Morgan fingerprint density at radius 1 is 1.45 bits per heavy atom. The van der Waals surface area contributed by atoms with Crippen molar-refractivity contribution in [1.82, 2.24) is 0 Å². The van der Waals surface area contributed by atoms with E-state index in [2.05, 4.69) is 0 Å². The van der Waals surface area contributed by atoms with Crippen molar-refractivity contribution in [2.24, 2.45) is 5.73 Å². The van der Waals surface area contributed by atoms with Crippen molar-refractivity contribution in [2.75, 3.05) is 6.61 Å². The monoisotopic (exact) mass is 163 g/mol. The number of hydrogen-bond acceptors (Lipinski definition) is 4. The number of hydrogen-bond donors (Lipinski definition) is 4. The second kappa shape index (κ2) is 4.66. The standard InChI is InChI=1S/C7H17NO3/c1-2-3-4-7(8,5-9)6(10)11/h6,9-11H,2-5,8H2,1H3. The molecule has 0 aliphatic heterocycles. The average molecular weight is 163 g/mol. The fourth-order valence-corrected chi connectivity index (χ4v) is 0.796. The first-order chi connectivity index (χ1) is 5.06. The number of unbranched alkanes of at least 4 members (excludes halogenated alkanes) is 1. The van der Waals surface area contributed by atoms with Gasteiger partial charge in [0.25, 0.3) is 0 Å². The summed E-state index contributed by atoms with van der Waals surface area (Å²) in [7, 11) is 0. The summed E-state index contributed by atoms with van der Waals surface area (Å²) in [4.78, 5) is 0. The Morgan fingerprint density at radius 2 is 2.00 bits per heavy atom. The molecule has 0 fully saturated rings. The minimum atomic E-state index is -1.64. The Balaban J connectivity index is 3.88. The van der Waals surface area contributed by atoms with Gasteiger partial charge >= 0.3 is 0 Å². The molecule has 68 valence electrons. The van der Waals surface area contributed by atoms with E-state index in [9.17, 15) is 0 Å². The molecule has 0 spiro atoms. The summed E-state index contributed by atoms with van der Waals surface area (Å²) in [5, 5.41) is 26.3. The molecule has 0 amide bonds. The van der Waals surface area contributed by atoms with E-state index in [4.69, 9.17) is 21.1 Å². The molecule has 1 atom stereocenters. The van der Waals surface area contributed by atoms with Crippen LogP contribution in [0.2, 0.25) is 0 Å². The van der Waals surface area contributed by atoms with Crippen LogP contribution in [0.5, 0.6) is 0 Å². The molecule has 4 heteroatoms. The number of nitrogens with two attached hydrogens (primary N) is 1. The number of rotatable bonds is 5. The first-order valence-corrected chi connectivity index (χ1v) is 3.82. The Bertz CT molecular complexity index is 108. The lowest BCUT2D eigenvalue weighted by molar-refractivity contribution is -0.113. The van der Waals surface area contributed by atoms with Gasteiger partial charge in [-0.15, -0.1) is 0 Å². The van der Waals surface area contributed by atoms with Gasteiger partial charge in [-0.05, 0) is 6.42 Å². The van der Waals surface area contributed by atoms with Crippen molar-refractivity contribution in [1.29, 1.82) is 0 Å². The quantitative estimate of drug-likeness (QED) is 0.399.